The Morgan fingerprint density at radius 3 is 1.92 bits per heavy atom. The van der Waals surface area contributed by atoms with Crippen LogP contribution in [0.1, 0.15) is 0 Å². The second kappa shape index (κ2) is 4.88. The van der Waals surface area contributed by atoms with Crippen LogP contribution >= 0.6 is 46.4 Å². The molecule has 1 nitrogen and oxygen atoms in total. The van der Waals surface area contributed by atoms with Crippen LogP contribution in [0.2, 0.25) is 20.1 Å². The Balaban J connectivity index is 0.00000121. The molecular formula is C6H2Cl4OZn+2. The van der Waals surface area contributed by atoms with Gasteiger partial charge in [0, 0.05) is 0 Å². The van der Waals surface area contributed by atoms with Crippen molar-refractivity contribution in [3.63, 3.8) is 0 Å². The van der Waals surface area contributed by atoms with E-state index in [9.17, 15) is 0 Å². The number of aromatic hydroxyl groups is 1. The van der Waals surface area contributed by atoms with E-state index in [1.165, 1.54) is 6.07 Å². The molecule has 0 spiro atoms. The monoisotopic (exact) mass is 294 g/mol. The van der Waals surface area contributed by atoms with Crippen molar-refractivity contribution in [1.29, 1.82) is 0 Å². The first-order valence-electron chi connectivity index (χ1n) is 2.56. The van der Waals surface area contributed by atoms with E-state index in [0.29, 0.717) is 0 Å². The Morgan fingerprint density at radius 1 is 0.917 bits per heavy atom. The summed E-state index contributed by atoms with van der Waals surface area (Å²) in [5, 5.41) is 9.50. The standard InChI is InChI=1S/C6H2Cl4O.Zn/c7-2-1-3(8)6(11)5(10)4(2)9;/h1,11H;/q;+2. The fourth-order valence-corrected chi connectivity index (χ4v) is 1.46. The molecule has 0 aliphatic heterocycles. The van der Waals surface area contributed by atoms with E-state index in [4.69, 9.17) is 51.5 Å². The average molecular weight is 297 g/mol. The third kappa shape index (κ3) is 2.40. The molecule has 0 saturated carbocycles. The van der Waals surface area contributed by atoms with Gasteiger partial charge in [-0.3, -0.25) is 0 Å². The number of rotatable bonds is 0. The van der Waals surface area contributed by atoms with Crippen LogP contribution in [0.5, 0.6) is 5.75 Å². The van der Waals surface area contributed by atoms with Crippen molar-refractivity contribution in [1.82, 2.24) is 0 Å². The van der Waals surface area contributed by atoms with E-state index in [1.54, 1.807) is 0 Å². The molecule has 60 valence electrons. The van der Waals surface area contributed by atoms with Gasteiger partial charge in [0.2, 0.25) is 0 Å². The van der Waals surface area contributed by atoms with Gasteiger partial charge in [-0.25, -0.2) is 0 Å². The Morgan fingerprint density at radius 2 is 1.42 bits per heavy atom. The number of phenolic OH excluding ortho intramolecular Hbond substituents is 1. The summed E-state index contributed by atoms with van der Waals surface area (Å²) in [6.07, 6.45) is 0. The largest absolute Gasteiger partial charge is 2.00 e. The Hall–Kier alpha value is 0.803. The quantitative estimate of drug-likeness (QED) is 0.436. The molecule has 0 radical (unpaired) electrons. The molecule has 6 heteroatoms. The normalized spacial score (nSPS) is 9.33. The Bertz CT molecular complexity index is 276. The summed E-state index contributed by atoms with van der Waals surface area (Å²) < 4.78 is 0. The summed E-state index contributed by atoms with van der Waals surface area (Å²) in [6.45, 7) is 0. The zero-order chi connectivity index (χ0) is 8.59. The van der Waals surface area contributed by atoms with E-state index >= 15 is 0 Å². The molecule has 1 aromatic rings. The molecule has 0 fully saturated rings. The third-order valence-corrected chi connectivity index (χ3v) is 2.63. The van der Waals surface area contributed by atoms with Gasteiger partial charge in [-0.05, 0) is 6.07 Å². The van der Waals surface area contributed by atoms with Gasteiger partial charge in [0.15, 0.2) is 5.75 Å². The number of phenols is 1. The smallest absolute Gasteiger partial charge is 0.505 e. The van der Waals surface area contributed by atoms with Crippen LogP contribution in [-0.4, -0.2) is 5.11 Å². The summed E-state index contributed by atoms with van der Waals surface area (Å²) in [6, 6.07) is 1.33. The number of hydrogen-bond acceptors (Lipinski definition) is 1. The summed E-state index contributed by atoms with van der Waals surface area (Å²) in [5.41, 5.74) is 0. The molecule has 0 aliphatic rings. The maximum atomic E-state index is 9.10. The van der Waals surface area contributed by atoms with Gasteiger partial charge in [-0.15, -0.1) is 0 Å². The van der Waals surface area contributed by atoms with Gasteiger partial charge < -0.3 is 5.11 Å². The molecule has 1 N–H and O–H groups in total. The van der Waals surface area contributed by atoms with E-state index in [1.807, 2.05) is 0 Å². The second-order valence-electron chi connectivity index (χ2n) is 1.82. The summed E-state index contributed by atoms with van der Waals surface area (Å²) in [4.78, 5) is 0. The molecule has 0 bridgehead atoms. The van der Waals surface area contributed by atoms with Crippen LogP contribution < -0.4 is 0 Å². The van der Waals surface area contributed by atoms with Gasteiger partial charge >= 0.3 is 19.5 Å². The minimum Gasteiger partial charge on any atom is -0.505 e. The summed E-state index contributed by atoms with van der Waals surface area (Å²) in [7, 11) is 0. The number of hydrogen-bond donors (Lipinski definition) is 1. The van der Waals surface area contributed by atoms with Crippen LogP contribution in [0, 0.1) is 0 Å². The van der Waals surface area contributed by atoms with Crippen molar-refractivity contribution in [2.75, 3.05) is 0 Å². The van der Waals surface area contributed by atoms with E-state index in [0.717, 1.165) is 0 Å². The fraction of sp³-hybridized carbons (Fsp3) is 0. The van der Waals surface area contributed by atoms with Crippen molar-refractivity contribution in [2.24, 2.45) is 0 Å². The summed E-state index contributed by atoms with van der Waals surface area (Å²) in [5.74, 6) is -0.247. The number of benzene rings is 1. The topological polar surface area (TPSA) is 20.2 Å². The molecule has 1 rings (SSSR count). The first-order valence-corrected chi connectivity index (χ1v) is 4.07. The summed E-state index contributed by atoms with van der Waals surface area (Å²) >= 11 is 22.2. The molecule has 0 amide bonds. The minimum absolute atomic E-state index is 0. The molecular weight excluding hydrogens is 295 g/mol. The molecule has 0 heterocycles. The van der Waals surface area contributed by atoms with Crippen molar-refractivity contribution >= 4 is 46.4 Å². The van der Waals surface area contributed by atoms with Gasteiger partial charge in [-0.2, -0.15) is 0 Å². The molecule has 12 heavy (non-hydrogen) atoms. The van der Waals surface area contributed by atoms with Crippen LogP contribution in [0.3, 0.4) is 0 Å². The fourth-order valence-electron chi connectivity index (χ4n) is 0.557. The maximum absolute atomic E-state index is 9.10. The Labute approximate surface area is 102 Å². The molecule has 0 atom stereocenters. The molecule has 0 aliphatic carbocycles. The van der Waals surface area contributed by atoms with Crippen molar-refractivity contribution in [3.8, 4) is 5.75 Å². The van der Waals surface area contributed by atoms with Crippen LogP contribution in [0.15, 0.2) is 6.07 Å². The van der Waals surface area contributed by atoms with Crippen molar-refractivity contribution < 1.29 is 24.6 Å². The van der Waals surface area contributed by atoms with Crippen LogP contribution in [0.4, 0.5) is 0 Å². The zero-order valence-corrected chi connectivity index (χ0v) is 11.7. The van der Waals surface area contributed by atoms with E-state index in [2.05, 4.69) is 0 Å². The van der Waals surface area contributed by atoms with Gasteiger partial charge in [0.25, 0.3) is 0 Å². The third-order valence-electron chi connectivity index (χ3n) is 1.09. The predicted molar refractivity (Wildman–Crippen MR) is 48.1 cm³/mol. The van der Waals surface area contributed by atoms with E-state index in [-0.39, 0.29) is 45.3 Å². The van der Waals surface area contributed by atoms with Gasteiger partial charge in [0.05, 0.1) is 15.1 Å². The Kier molecular flexibility index (Phi) is 5.21. The molecule has 0 saturated heterocycles. The predicted octanol–water partition coefficient (Wildman–Crippen LogP) is 4.00. The van der Waals surface area contributed by atoms with E-state index < -0.39 is 0 Å². The van der Waals surface area contributed by atoms with Crippen LogP contribution in [-0.2, 0) is 19.5 Å². The minimum atomic E-state index is -0.247. The van der Waals surface area contributed by atoms with Gasteiger partial charge in [-0.1, -0.05) is 46.4 Å². The average Bonchev–Trinajstić information content (AvgIpc) is 1.97. The zero-order valence-electron chi connectivity index (χ0n) is 5.74. The molecule has 0 unspecified atom stereocenters. The van der Waals surface area contributed by atoms with Gasteiger partial charge in [0.1, 0.15) is 5.02 Å². The maximum Gasteiger partial charge on any atom is 2.00 e. The van der Waals surface area contributed by atoms with Crippen molar-refractivity contribution in [2.45, 2.75) is 0 Å². The van der Waals surface area contributed by atoms with Crippen molar-refractivity contribution in [3.05, 3.63) is 26.2 Å². The second-order valence-corrected chi connectivity index (χ2v) is 3.39. The number of halogens is 4. The molecule has 0 aromatic heterocycles. The first-order chi connectivity index (χ1) is 5.04. The first kappa shape index (κ1) is 12.8. The molecule has 1 aromatic carbocycles. The van der Waals surface area contributed by atoms with Crippen LogP contribution in [0.25, 0.3) is 0 Å². The SMILES string of the molecule is Oc1c(Cl)cc(Cl)c(Cl)c1Cl.[Zn+2].